The van der Waals surface area contributed by atoms with Gasteiger partial charge in [0, 0.05) is 17.5 Å². The Hall–Kier alpha value is -0.713. The quantitative estimate of drug-likeness (QED) is 0.850. The Kier molecular flexibility index (Phi) is 4.70. The van der Waals surface area contributed by atoms with Crippen molar-refractivity contribution in [3.8, 4) is 0 Å². The van der Waals surface area contributed by atoms with Gasteiger partial charge in [0.2, 0.25) is 0 Å². The third-order valence-corrected chi connectivity index (χ3v) is 8.23. The molecule has 4 heteroatoms. The molecular weight excluding hydrogens is 242 g/mol. The first-order valence-corrected chi connectivity index (χ1v) is 9.29. The summed E-state index contributed by atoms with van der Waals surface area (Å²) < 4.78 is 6.00. The predicted octanol–water partition coefficient (Wildman–Crippen LogP) is 3.45. The van der Waals surface area contributed by atoms with Gasteiger partial charge in [-0.2, -0.15) is 0 Å². The molecule has 0 spiro atoms. The van der Waals surface area contributed by atoms with Crippen LogP contribution in [0, 0.1) is 6.92 Å². The lowest BCUT2D eigenvalue weighted by molar-refractivity contribution is 0.100. The van der Waals surface area contributed by atoms with Crippen molar-refractivity contribution in [1.29, 1.82) is 0 Å². The van der Waals surface area contributed by atoms with E-state index in [1.807, 2.05) is 19.1 Å². The number of aliphatic hydroxyl groups excluding tert-OH is 1. The monoisotopic (exact) mass is 267 g/mol. The molecule has 1 unspecified atom stereocenters. The molecule has 1 aromatic rings. The molecular formula is C14H25NO2Si. The fourth-order valence-corrected chi connectivity index (χ4v) is 2.28. The largest absolute Gasteiger partial charge is 0.414 e. The maximum atomic E-state index is 10.1. The Bertz CT molecular complexity index is 382. The minimum atomic E-state index is -1.79. The first-order valence-electron chi connectivity index (χ1n) is 6.38. The normalized spacial score (nSPS) is 14.6. The Labute approximate surface area is 111 Å². The molecule has 1 aromatic heterocycles. The zero-order chi connectivity index (χ0) is 14.0. The van der Waals surface area contributed by atoms with Crippen LogP contribution in [-0.2, 0) is 4.43 Å². The lowest BCUT2D eigenvalue weighted by Gasteiger charge is -2.36. The average molecular weight is 267 g/mol. The van der Waals surface area contributed by atoms with Gasteiger partial charge in [0.15, 0.2) is 8.32 Å². The Morgan fingerprint density at radius 2 is 1.94 bits per heavy atom. The molecule has 0 radical (unpaired) electrons. The zero-order valence-corrected chi connectivity index (χ0v) is 13.3. The number of aromatic nitrogens is 1. The Morgan fingerprint density at radius 3 is 2.39 bits per heavy atom. The number of pyridine rings is 1. The van der Waals surface area contributed by atoms with Crippen LogP contribution in [0.2, 0.25) is 18.1 Å². The highest BCUT2D eigenvalue weighted by atomic mass is 28.4. The molecule has 0 amide bonds. The van der Waals surface area contributed by atoms with E-state index in [1.54, 1.807) is 6.20 Å². The van der Waals surface area contributed by atoms with Crippen LogP contribution >= 0.6 is 0 Å². The van der Waals surface area contributed by atoms with E-state index in [4.69, 9.17) is 4.43 Å². The fourth-order valence-electron chi connectivity index (χ4n) is 1.28. The van der Waals surface area contributed by atoms with Crippen molar-refractivity contribution in [2.75, 3.05) is 6.61 Å². The topological polar surface area (TPSA) is 42.4 Å². The fraction of sp³-hybridized carbons (Fsp3) is 0.643. The van der Waals surface area contributed by atoms with Gasteiger partial charge in [0.05, 0.1) is 6.61 Å². The second-order valence-corrected chi connectivity index (χ2v) is 11.1. The molecule has 0 bridgehead atoms. The van der Waals surface area contributed by atoms with Crippen molar-refractivity contribution in [2.45, 2.75) is 51.9 Å². The van der Waals surface area contributed by atoms with Crippen molar-refractivity contribution in [3.63, 3.8) is 0 Å². The molecule has 0 saturated heterocycles. The van der Waals surface area contributed by atoms with Gasteiger partial charge < -0.3 is 9.53 Å². The number of nitrogens with zero attached hydrogens (tertiary/aromatic N) is 1. The summed E-state index contributed by atoms with van der Waals surface area (Å²) in [6.07, 6.45) is 1.13. The molecule has 0 saturated carbocycles. The maximum absolute atomic E-state index is 10.1. The molecule has 102 valence electrons. The van der Waals surface area contributed by atoms with Crippen molar-refractivity contribution in [2.24, 2.45) is 0 Å². The van der Waals surface area contributed by atoms with Gasteiger partial charge in [0.1, 0.15) is 6.10 Å². The maximum Gasteiger partial charge on any atom is 0.192 e. The highest BCUT2D eigenvalue weighted by Crippen LogP contribution is 2.37. The van der Waals surface area contributed by atoms with Gasteiger partial charge in [-0.25, -0.2) is 0 Å². The van der Waals surface area contributed by atoms with E-state index in [-0.39, 0.29) is 5.04 Å². The van der Waals surface area contributed by atoms with Crippen molar-refractivity contribution in [3.05, 3.63) is 29.6 Å². The summed E-state index contributed by atoms with van der Waals surface area (Å²) in [7, 11) is -1.79. The molecule has 0 aliphatic carbocycles. The van der Waals surface area contributed by atoms with Crippen LogP contribution in [-0.4, -0.2) is 25.0 Å². The van der Waals surface area contributed by atoms with E-state index >= 15 is 0 Å². The summed E-state index contributed by atoms with van der Waals surface area (Å²) in [5.74, 6) is 0. The van der Waals surface area contributed by atoms with Crippen LogP contribution in [0.5, 0.6) is 0 Å². The first-order chi connectivity index (χ1) is 8.13. The second kappa shape index (κ2) is 5.51. The Balaban J connectivity index is 2.61. The van der Waals surface area contributed by atoms with E-state index in [0.717, 1.165) is 11.3 Å². The van der Waals surface area contributed by atoms with Crippen molar-refractivity contribution in [1.82, 2.24) is 4.98 Å². The molecule has 1 rings (SSSR count). The van der Waals surface area contributed by atoms with E-state index < -0.39 is 14.4 Å². The number of hydrogen-bond donors (Lipinski definition) is 1. The number of rotatable bonds is 4. The summed E-state index contributed by atoms with van der Waals surface area (Å²) in [4.78, 5) is 4.19. The van der Waals surface area contributed by atoms with E-state index in [1.165, 1.54) is 0 Å². The van der Waals surface area contributed by atoms with Crippen LogP contribution in [0.3, 0.4) is 0 Å². The SMILES string of the molecule is Cc1ccc(C(O)CO[Si](C)(C)C(C)(C)C)cn1. The predicted molar refractivity (Wildman–Crippen MR) is 77.1 cm³/mol. The number of aryl methyl sites for hydroxylation is 1. The molecule has 18 heavy (non-hydrogen) atoms. The van der Waals surface area contributed by atoms with Crippen LogP contribution < -0.4 is 0 Å². The Morgan fingerprint density at radius 1 is 1.33 bits per heavy atom. The smallest absolute Gasteiger partial charge is 0.192 e. The minimum absolute atomic E-state index is 0.165. The first kappa shape index (κ1) is 15.3. The van der Waals surface area contributed by atoms with Gasteiger partial charge >= 0.3 is 0 Å². The molecule has 0 fully saturated rings. The van der Waals surface area contributed by atoms with Gasteiger partial charge in [-0.05, 0) is 31.1 Å². The highest BCUT2D eigenvalue weighted by molar-refractivity contribution is 6.74. The van der Waals surface area contributed by atoms with Gasteiger partial charge in [0.25, 0.3) is 0 Å². The lowest BCUT2D eigenvalue weighted by Crippen LogP contribution is -2.41. The highest BCUT2D eigenvalue weighted by Gasteiger charge is 2.37. The molecule has 3 nitrogen and oxygen atoms in total. The van der Waals surface area contributed by atoms with Gasteiger partial charge in [-0.1, -0.05) is 26.8 Å². The molecule has 0 aromatic carbocycles. The third kappa shape index (κ3) is 3.90. The van der Waals surface area contributed by atoms with Crippen molar-refractivity contribution < 1.29 is 9.53 Å². The second-order valence-electron chi connectivity index (χ2n) is 6.32. The summed E-state index contributed by atoms with van der Waals surface area (Å²) in [6.45, 7) is 13.2. The molecule has 1 heterocycles. The van der Waals surface area contributed by atoms with Crippen LogP contribution in [0.1, 0.15) is 38.1 Å². The van der Waals surface area contributed by atoms with Crippen molar-refractivity contribution >= 4 is 8.32 Å². The summed E-state index contributed by atoms with van der Waals surface area (Å²) >= 11 is 0. The van der Waals surface area contributed by atoms with Crippen LogP contribution in [0.15, 0.2) is 18.3 Å². The molecule has 1 N–H and O–H groups in total. The van der Waals surface area contributed by atoms with E-state index in [9.17, 15) is 5.11 Å². The van der Waals surface area contributed by atoms with Crippen LogP contribution in [0.25, 0.3) is 0 Å². The molecule has 0 aliphatic rings. The van der Waals surface area contributed by atoms with Gasteiger partial charge in [-0.3, -0.25) is 4.98 Å². The third-order valence-electron chi connectivity index (χ3n) is 3.73. The average Bonchev–Trinajstić information content (AvgIpc) is 2.25. The molecule has 0 aliphatic heterocycles. The van der Waals surface area contributed by atoms with E-state index in [2.05, 4.69) is 38.8 Å². The standard InChI is InChI=1S/C14H25NO2Si/c1-11-7-8-12(9-15-11)13(16)10-17-18(5,6)14(2,3)4/h7-9,13,16H,10H2,1-6H3. The number of hydrogen-bond acceptors (Lipinski definition) is 3. The van der Waals surface area contributed by atoms with Crippen LogP contribution in [0.4, 0.5) is 0 Å². The number of aliphatic hydroxyl groups is 1. The lowest BCUT2D eigenvalue weighted by atomic mass is 10.2. The van der Waals surface area contributed by atoms with E-state index in [0.29, 0.717) is 6.61 Å². The van der Waals surface area contributed by atoms with Gasteiger partial charge in [-0.15, -0.1) is 0 Å². The summed E-state index contributed by atoms with van der Waals surface area (Å²) in [6, 6.07) is 3.81. The summed E-state index contributed by atoms with van der Waals surface area (Å²) in [5, 5.41) is 10.3. The zero-order valence-electron chi connectivity index (χ0n) is 12.3. The summed E-state index contributed by atoms with van der Waals surface area (Å²) in [5.41, 5.74) is 1.77. The minimum Gasteiger partial charge on any atom is -0.414 e. The molecule has 1 atom stereocenters.